The van der Waals surface area contributed by atoms with E-state index in [0.29, 0.717) is 0 Å². The number of rotatable bonds is 6. The number of carbonyl (C=O) groups excluding carboxylic acids is 2. The Morgan fingerprint density at radius 2 is 1.79 bits per heavy atom. The molecule has 2 aromatic rings. The molecule has 0 fully saturated rings. The fourth-order valence-electron chi connectivity index (χ4n) is 3.47. The molecule has 1 atom stereocenters. The number of benzene rings is 1. The van der Waals surface area contributed by atoms with E-state index in [0.717, 1.165) is 49.9 Å². The number of hydrogen-bond donors (Lipinski definition) is 2. The Morgan fingerprint density at radius 3 is 2.45 bits per heavy atom. The highest BCUT2D eigenvalue weighted by molar-refractivity contribution is 5.88. The number of fused-ring (bicyclic) bond motifs is 1. The fraction of sp³-hybridized carbons (Fsp3) is 0.524. The average molecular weight is 399 g/mol. The summed E-state index contributed by atoms with van der Waals surface area (Å²) < 4.78 is 2.14. The molecule has 0 saturated carbocycles. The third kappa shape index (κ3) is 5.41. The van der Waals surface area contributed by atoms with Crippen LogP contribution in [0.2, 0.25) is 0 Å². The largest absolute Gasteiger partial charge is 0.346 e. The Hall–Kier alpha value is -2.74. The lowest BCUT2D eigenvalue weighted by Gasteiger charge is -2.20. The average Bonchev–Trinajstić information content (AvgIpc) is 2.97. The van der Waals surface area contributed by atoms with E-state index in [-0.39, 0.29) is 23.8 Å². The number of amides is 2. The van der Waals surface area contributed by atoms with E-state index in [1.165, 1.54) is 12.5 Å². The molecule has 2 heterocycles. The van der Waals surface area contributed by atoms with Crippen molar-refractivity contribution in [3.63, 3.8) is 0 Å². The van der Waals surface area contributed by atoms with Crippen LogP contribution in [0.5, 0.6) is 0 Å². The standard InChI is InChI=1S/C21H30N6O2/c1-14(2)21(29)22-15(3)20-25-24-19-9-10-26(11-12-27(19)20)13-17-5-7-18(8-6-17)23-16(4)28/h5-8,14-15H,9-13H2,1-4H3,(H,22,29)(H,23,28). The van der Waals surface area contributed by atoms with Gasteiger partial charge in [0.2, 0.25) is 11.8 Å². The summed E-state index contributed by atoms with van der Waals surface area (Å²) in [7, 11) is 0. The molecule has 0 aliphatic carbocycles. The van der Waals surface area contributed by atoms with Crippen LogP contribution in [-0.4, -0.2) is 44.6 Å². The molecule has 1 aromatic heterocycles. The summed E-state index contributed by atoms with van der Waals surface area (Å²) in [6, 6.07) is 7.79. The van der Waals surface area contributed by atoms with Crippen LogP contribution in [0.15, 0.2) is 24.3 Å². The third-order valence-corrected chi connectivity index (χ3v) is 5.10. The van der Waals surface area contributed by atoms with Gasteiger partial charge in [0, 0.05) is 51.1 Å². The summed E-state index contributed by atoms with van der Waals surface area (Å²) in [5, 5.41) is 14.5. The van der Waals surface area contributed by atoms with Crippen molar-refractivity contribution in [2.24, 2.45) is 5.92 Å². The minimum absolute atomic E-state index is 0.0211. The molecule has 8 heteroatoms. The van der Waals surface area contributed by atoms with Crippen molar-refractivity contribution < 1.29 is 9.59 Å². The second-order valence-electron chi connectivity index (χ2n) is 7.92. The van der Waals surface area contributed by atoms with Crippen LogP contribution >= 0.6 is 0 Å². The van der Waals surface area contributed by atoms with Crippen LogP contribution in [0, 0.1) is 5.92 Å². The number of anilines is 1. The molecule has 0 spiro atoms. The maximum atomic E-state index is 12.0. The minimum Gasteiger partial charge on any atom is -0.346 e. The van der Waals surface area contributed by atoms with Crippen LogP contribution < -0.4 is 10.6 Å². The van der Waals surface area contributed by atoms with Gasteiger partial charge in [0.05, 0.1) is 6.04 Å². The van der Waals surface area contributed by atoms with Gasteiger partial charge in [-0.25, -0.2) is 0 Å². The molecule has 1 unspecified atom stereocenters. The topological polar surface area (TPSA) is 92.2 Å². The highest BCUT2D eigenvalue weighted by Crippen LogP contribution is 2.18. The molecule has 1 aromatic carbocycles. The lowest BCUT2D eigenvalue weighted by atomic mass is 10.2. The van der Waals surface area contributed by atoms with Gasteiger partial charge in [0.15, 0.2) is 5.82 Å². The van der Waals surface area contributed by atoms with Crippen molar-refractivity contribution in [3.8, 4) is 0 Å². The molecule has 0 bridgehead atoms. The Bertz CT molecular complexity index is 859. The number of aromatic nitrogens is 3. The molecule has 156 valence electrons. The van der Waals surface area contributed by atoms with Gasteiger partial charge in [-0.15, -0.1) is 10.2 Å². The highest BCUT2D eigenvalue weighted by atomic mass is 16.2. The van der Waals surface area contributed by atoms with E-state index in [9.17, 15) is 9.59 Å². The molecule has 1 aliphatic heterocycles. The van der Waals surface area contributed by atoms with Crippen molar-refractivity contribution in [3.05, 3.63) is 41.5 Å². The predicted molar refractivity (Wildman–Crippen MR) is 111 cm³/mol. The SMILES string of the molecule is CC(=O)Nc1ccc(CN2CCc3nnc(C(C)NC(=O)C(C)C)n3CC2)cc1. The summed E-state index contributed by atoms with van der Waals surface area (Å²) >= 11 is 0. The molecule has 3 rings (SSSR count). The van der Waals surface area contributed by atoms with E-state index in [2.05, 4.69) is 30.3 Å². The third-order valence-electron chi connectivity index (χ3n) is 5.10. The van der Waals surface area contributed by atoms with Crippen molar-refractivity contribution in [2.45, 2.75) is 53.2 Å². The van der Waals surface area contributed by atoms with Crippen LogP contribution in [0.3, 0.4) is 0 Å². The van der Waals surface area contributed by atoms with Crippen molar-refractivity contribution in [1.82, 2.24) is 25.0 Å². The normalized spacial score (nSPS) is 15.5. The quantitative estimate of drug-likeness (QED) is 0.778. The summed E-state index contributed by atoms with van der Waals surface area (Å²) in [4.78, 5) is 25.6. The van der Waals surface area contributed by atoms with Gasteiger partial charge in [0.25, 0.3) is 0 Å². The van der Waals surface area contributed by atoms with Gasteiger partial charge < -0.3 is 15.2 Å². The fourth-order valence-corrected chi connectivity index (χ4v) is 3.47. The van der Waals surface area contributed by atoms with E-state index < -0.39 is 0 Å². The first-order valence-corrected chi connectivity index (χ1v) is 10.1. The van der Waals surface area contributed by atoms with E-state index in [4.69, 9.17) is 0 Å². The van der Waals surface area contributed by atoms with Crippen molar-refractivity contribution >= 4 is 17.5 Å². The van der Waals surface area contributed by atoms with Crippen LogP contribution in [0.4, 0.5) is 5.69 Å². The Balaban J connectivity index is 1.61. The molecule has 29 heavy (non-hydrogen) atoms. The smallest absolute Gasteiger partial charge is 0.223 e. The number of hydrogen-bond acceptors (Lipinski definition) is 5. The van der Waals surface area contributed by atoms with Crippen LogP contribution in [-0.2, 0) is 29.1 Å². The summed E-state index contributed by atoms with van der Waals surface area (Å²) in [5.74, 6) is 1.68. The predicted octanol–water partition coefficient (Wildman–Crippen LogP) is 2.13. The van der Waals surface area contributed by atoms with Crippen molar-refractivity contribution in [1.29, 1.82) is 0 Å². The van der Waals surface area contributed by atoms with Gasteiger partial charge in [-0.05, 0) is 24.6 Å². The van der Waals surface area contributed by atoms with Gasteiger partial charge >= 0.3 is 0 Å². The van der Waals surface area contributed by atoms with Gasteiger partial charge in [-0.3, -0.25) is 14.5 Å². The zero-order chi connectivity index (χ0) is 21.0. The van der Waals surface area contributed by atoms with Crippen LogP contribution in [0.25, 0.3) is 0 Å². The summed E-state index contributed by atoms with van der Waals surface area (Å²) in [5.41, 5.74) is 2.01. The van der Waals surface area contributed by atoms with Crippen molar-refractivity contribution in [2.75, 3.05) is 18.4 Å². The first-order valence-electron chi connectivity index (χ1n) is 10.1. The van der Waals surface area contributed by atoms with Gasteiger partial charge in [-0.1, -0.05) is 26.0 Å². The zero-order valence-electron chi connectivity index (χ0n) is 17.6. The lowest BCUT2D eigenvalue weighted by Crippen LogP contribution is -2.32. The zero-order valence-corrected chi connectivity index (χ0v) is 17.6. The Labute approximate surface area is 171 Å². The van der Waals surface area contributed by atoms with Gasteiger partial charge in [0.1, 0.15) is 5.82 Å². The molecule has 0 radical (unpaired) electrons. The molecule has 0 saturated heterocycles. The molecular formula is C21H30N6O2. The molecule has 2 N–H and O–H groups in total. The van der Waals surface area contributed by atoms with E-state index in [1.807, 2.05) is 45.0 Å². The molecule has 1 aliphatic rings. The minimum atomic E-state index is -0.168. The number of nitrogens with one attached hydrogen (secondary N) is 2. The van der Waals surface area contributed by atoms with Crippen LogP contribution in [0.1, 0.15) is 50.9 Å². The Morgan fingerprint density at radius 1 is 1.07 bits per heavy atom. The van der Waals surface area contributed by atoms with E-state index >= 15 is 0 Å². The lowest BCUT2D eigenvalue weighted by molar-refractivity contribution is -0.124. The second-order valence-corrected chi connectivity index (χ2v) is 7.92. The molecule has 2 amide bonds. The highest BCUT2D eigenvalue weighted by Gasteiger charge is 2.23. The number of carbonyl (C=O) groups is 2. The van der Waals surface area contributed by atoms with E-state index in [1.54, 1.807) is 0 Å². The monoisotopic (exact) mass is 398 g/mol. The first-order chi connectivity index (χ1) is 13.8. The maximum Gasteiger partial charge on any atom is 0.223 e. The first kappa shape index (κ1) is 21.0. The number of nitrogens with zero attached hydrogens (tertiary/aromatic N) is 4. The second kappa shape index (κ2) is 9.17. The molecular weight excluding hydrogens is 368 g/mol. The summed E-state index contributed by atoms with van der Waals surface area (Å²) in [6.45, 7) is 10.6. The molecule has 8 nitrogen and oxygen atoms in total. The maximum absolute atomic E-state index is 12.0. The van der Waals surface area contributed by atoms with Gasteiger partial charge in [-0.2, -0.15) is 0 Å². The Kier molecular flexibility index (Phi) is 6.64. The summed E-state index contributed by atoms with van der Waals surface area (Å²) in [6.07, 6.45) is 0.821.